The Morgan fingerprint density at radius 3 is 0.992 bits per heavy atom. The quantitative estimate of drug-likeness (QED) is 0.0259. The van der Waals surface area contributed by atoms with Gasteiger partial charge in [-0.3, -0.25) is 14.4 Å². The molecule has 12 rings (SSSR count). The SMILES string of the molecule is CC(=S)Oc1cccc(C)c1COc1ccc(C)cc1C.CC(=S)Oc1cccc(CS)c1COc1ccc(C)cc1C.CCC(=O)Sc1cccc(Cl)c1COc1ccc(C)cc1C.CCC(=O)Sc1cccc(F)c1COc1ccc(C)cc1C.CCC(=O)Sc1ccccc1COc1ccc(C)cc1C.CCOc1cccc(OC(C)=S)c1COc1ccc(C)cc1C. The van der Waals surface area contributed by atoms with E-state index in [-0.39, 0.29) is 27.8 Å². The molecule has 0 aliphatic heterocycles. The van der Waals surface area contributed by atoms with Crippen LogP contribution in [0.2, 0.25) is 5.02 Å². The summed E-state index contributed by atoms with van der Waals surface area (Å²) < 4.78 is 72.2. The van der Waals surface area contributed by atoms with Crippen LogP contribution in [-0.4, -0.2) is 37.1 Å². The Bertz CT molecular complexity index is 5760. The van der Waals surface area contributed by atoms with Gasteiger partial charge in [-0.2, -0.15) is 12.6 Å². The molecule has 0 aliphatic carbocycles. The summed E-state index contributed by atoms with van der Waals surface area (Å²) in [6, 6.07) is 72.3. The molecular formula is C109H120ClFO13S7. The third-order valence-electron chi connectivity index (χ3n) is 19.8. The third kappa shape index (κ3) is 36.2. The van der Waals surface area contributed by atoms with E-state index in [1.165, 1.54) is 57.4 Å². The molecule has 0 saturated carbocycles. The number of carbonyl (C=O) groups excluding carboxylic acids is 3. The van der Waals surface area contributed by atoms with Crippen LogP contribution in [0.4, 0.5) is 4.39 Å². The van der Waals surface area contributed by atoms with Crippen molar-refractivity contribution >= 4 is 127 Å². The Kier molecular flexibility index (Phi) is 45.8. The molecule has 22 heteroatoms. The molecule has 13 nitrogen and oxygen atoms in total. The summed E-state index contributed by atoms with van der Waals surface area (Å²) in [7, 11) is 0. The van der Waals surface area contributed by atoms with Gasteiger partial charge in [0.2, 0.25) is 0 Å². The Labute approximate surface area is 814 Å². The van der Waals surface area contributed by atoms with E-state index in [1.54, 1.807) is 39.8 Å². The van der Waals surface area contributed by atoms with Crippen LogP contribution in [0.3, 0.4) is 0 Å². The fourth-order valence-corrected chi connectivity index (χ4v) is 16.3. The minimum Gasteiger partial charge on any atom is -0.493 e. The highest BCUT2D eigenvalue weighted by Crippen LogP contribution is 2.37. The number of thiol groups is 1. The molecule has 0 fully saturated rings. The van der Waals surface area contributed by atoms with Gasteiger partial charge >= 0.3 is 0 Å². The maximum Gasteiger partial charge on any atom is 0.193 e. The summed E-state index contributed by atoms with van der Waals surface area (Å²) in [4.78, 5) is 37.4. The van der Waals surface area contributed by atoms with Crippen LogP contribution in [-0.2, 0) is 59.8 Å². The van der Waals surface area contributed by atoms with Crippen LogP contribution < -0.4 is 47.4 Å². The Morgan fingerprint density at radius 1 is 0.305 bits per heavy atom. The molecule has 12 aromatic carbocycles. The minimum atomic E-state index is -0.348. The summed E-state index contributed by atoms with van der Waals surface area (Å²) >= 11 is 29.4. The van der Waals surface area contributed by atoms with Crippen LogP contribution >= 0.6 is 96.2 Å². The number of ether oxygens (including phenoxy) is 10. The molecule has 0 bridgehead atoms. The first kappa shape index (κ1) is 108. The molecule has 0 spiro atoms. The van der Waals surface area contributed by atoms with E-state index in [2.05, 4.69) is 90.6 Å². The lowest BCUT2D eigenvalue weighted by Crippen LogP contribution is -2.07. The number of halogens is 2. The van der Waals surface area contributed by atoms with E-state index in [0.717, 1.165) is 151 Å². The zero-order valence-electron chi connectivity index (χ0n) is 78.6. The van der Waals surface area contributed by atoms with Crippen LogP contribution in [0, 0.1) is 95.8 Å². The molecule has 0 saturated heterocycles. The molecular weight excluding hydrogens is 1800 g/mol. The second-order valence-electron chi connectivity index (χ2n) is 30.9. The van der Waals surface area contributed by atoms with Crippen molar-refractivity contribution in [1.82, 2.24) is 0 Å². The average molecular weight is 1920 g/mol. The molecule has 0 aliphatic rings. The minimum absolute atomic E-state index is 0.0124. The van der Waals surface area contributed by atoms with Crippen molar-refractivity contribution in [3.05, 3.63) is 347 Å². The van der Waals surface area contributed by atoms with Gasteiger partial charge in [0, 0.05) is 93.3 Å². The molecule has 0 amide bonds. The van der Waals surface area contributed by atoms with Gasteiger partial charge in [0.15, 0.2) is 30.5 Å². The number of thiocarbonyl (C=S) groups is 3. The van der Waals surface area contributed by atoms with Gasteiger partial charge in [0.25, 0.3) is 0 Å². The third-order valence-corrected chi connectivity index (χ3v) is 24.1. The molecule has 0 heterocycles. The fourth-order valence-electron chi connectivity index (χ4n) is 13.0. The molecule has 690 valence electrons. The number of carbonyl (C=O) groups is 3. The molecule has 12 aromatic rings. The summed E-state index contributed by atoms with van der Waals surface area (Å²) in [6.07, 6.45) is 1.45. The van der Waals surface area contributed by atoms with Crippen LogP contribution in [0.25, 0.3) is 0 Å². The number of hydrogen-bond acceptors (Lipinski definition) is 20. The number of rotatable bonds is 30. The zero-order valence-corrected chi connectivity index (χ0v) is 85.1. The summed E-state index contributed by atoms with van der Waals surface area (Å²) in [5.74, 6) is 8.30. The van der Waals surface area contributed by atoms with E-state index >= 15 is 0 Å². The van der Waals surface area contributed by atoms with Gasteiger partial charge in [-0.05, 0) is 269 Å². The average Bonchev–Trinajstić information content (AvgIpc) is 0.947. The highest BCUT2D eigenvalue weighted by Gasteiger charge is 2.20. The maximum absolute atomic E-state index is 14.1. The predicted octanol–water partition coefficient (Wildman–Crippen LogP) is 30.5. The van der Waals surface area contributed by atoms with Gasteiger partial charge in [-0.15, -0.1) is 0 Å². The first-order valence-electron chi connectivity index (χ1n) is 43.2. The highest BCUT2D eigenvalue weighted by molar-refractivity contribution is 8.14. The van der Waals surface area contributed by atoms with Crippen molar-refractivity contribution in [1.29, 1.82) is 0 Å². The van der Waals surface area contributed by atoms with E-state index in [9.17, 15) is 18.8 Å². The zero-order chi connectivity index (χ0) is 95.8. The topological polar surface area (TPSA) is 144 Å². The summed E-state index contributed by atoms with van der Waals surface area (Å²) in [5, 5.41) is 2.39. The second kappa shape index (κ2) is 55.8. The fraction of sp³-hybridized carbons (Fsp3) is 0.284. The van der Waals surface area contributed by atoms with Crippen LogP contribution in [0.15, 0.2) is 239 Å². The molecule has 131 heavy (non-hydrogen) atoms. The van der Waals surface area contributed by atoms with Crippen molar-refractivity contribution in [3.63, 3.8) is 0 Å². The Hall–Kier alpha value is -10.5. The van der Waals surface area contributed by atoms with Crippen molar-refractivity contribution in [3.8, 4) is 57.5 Å². The van der Waals surface area contributed by atoms with Crippen LogP contribution in [0.1, 0.15) is 179 Å². The van der Waals surface area contributed by atoms with E-state index in [4.69, 9.17) is 95.6 Å². The Balaban J connectivity index is 0.000000215. The lowest BCUT2D eigenvalue weighted by molar-refractivity contribution is -0.111. The van der Waals surface area contributed by atoms with Gasteiger partial charge in [-0.25, -0.2) is 4.39 Å². The van der Waals surface area contributed by atoms with Gasteiger partial charge in [0.05, 0.1) is 12.2 Å². The first-order valence-corrected chi connectivity index (χ1v) is 47.8. The molecule has 0 aromatic heterocycles. The molecule has 0 unspecified atom stereocenters. The van der Waals surface area contributed by atoms with Crippen molar-refractivity contribution in [2.45, 2.75) is 218 Å². The second-order valence-corrected chi connectivity index (χ2v) is 36.7. The standard InChI is InChI=1S/C19H22O3S.C18H19ClO2S.C18H19FO2S.C18H20O2S2.2C18H20O2S/c1-5-20-18-7-6-8-19(22-15(4)23)16(18)12-21-17-10-9-13(2)11-14(17)3;2*1-4-18(20)22-17-7-5-6-15(19)14(17)11-21-16-9-8-12(2)10-13(16)3;1-12-7-8-17(13(2)9-12)19-10-16-15(11-21)5-4-6-18(16)20-14(3)22;1-12-8-9-17(14(3)10-12)19-11-16-13(2)6-5-7-18(16)20-15(4)21;1-4-18(19)21-17-8-6-5-7-15(17)12-20-16-10-9-13(2)11-14(16)3/h6-11H,5,12H2,1-4H3;2*5-10H,4,11H2,1-3H3;4-9,21H,10-11H2,1-3H3;5-10H,11H2,1-4H3;5-11H,4,12H2,1-3H3. The van der Waals surface area contributed by atoms with Crippen molar-refractivity contribution in [2.24, 2.45) is 0 Å². The number of benzene rings is 12. The van der Waals surface area contributed by atoms with Gasteiger partial charge in [-0.1, -0.05) is 234 Å². The smallest absolute Gasteiger partial charge is 0.193 e. The number of hydrogen-bond donors (Lipinski definition) is 1. The van der Waals surface area contributed by atoms with E-state index in [1.807, 2.05) is 239 Å². The monoisotopic (exact) mass is 1910 g/mol. The van der Waals surface area contributed by atoms with Crippen molar-refractivity contribution < 1.29 is 66.1 Å². The normalized spacial score (nSPS) is 10.4. The maximum atomic E-state index is 14.1. The highest BCUT2D eigenvalue weighted by atomic mass is 35.5. The van der Waals surface area contributed by atoms with E-state index in [0.29, 0.717) is 101 Å². The molecule has 0 N–H and O–H groups in total. The molecule has 0 radical (unpaired) electrons. The van der Waals surface area contributed by atoms with Crippen molar-refractivity contribution in [2.75, 3.05) is 6.61 Å². The number of aryl methyl sites for hydroxylation is 13. The van der Waals surface area contributed by atoms with Crippen LogP contribution in [0.5, 0.6) is 57.5 Å². The van der Waals surface area contributed by atoms with Gasteiger partial charge < -0.3 is 47.4 Å². The lowest BCUT2D eigenvalue weighted by Gasteiger charge is -2.16. The number of thioether (sulfide) groups is 3. The van der Waals surface area contributed by atoms with Gasteiger partial charge in [0.1, 0.15) is 103 Å². The first-order chi connectivity index (χ1) is 62.6. The summed E-state index contributed by atoms with van der Waals surface area (Å²) in [6.45, 7) is 42.1. The molecule has 0 atom stereocenters. The van der Waals surface area contributed by atoms with E-state index < -0.39 is 0 Å². The lowest BCUT2D eigenvalue weighted by atomic mass is 10.1. The Morgan fingerprint density at radius 2 is 0.603 bits per heavy atom. The summed E-state index contributed by atoms with van der Waals surface area (Å²) in [5.41, 5.74) is 21.3. The largest absolute Gasteiger partial charge is 0.493 e. The predicted molar refractivity (Wildman–Crippen MR) is 554 cm³/mol.